The molecule has 4 N–H and O–H groups in total. The second-order valence-electron chi connectivity index (χ2n) is 7.38. The SMILES string of the molecule is O=C(NCCN1CCN(c2ccccc2)CC1)C1NNNC1c1ccc(F)cc1. The van der Waals surface area contributed by atoms with Crippen molar-refractivity contribution in [1.29, 1.82) is 0 Å². The molecule has 0 bridgehead atoms. The van der Waals surface area contributed by atoms with Crippen LogP contribution in [0, 0.1) is 5.82 Å². The summed E-state index contributed by atoms with van der Waals surface area (Å²) < 4.78 is 13.2. The molecule has 29 heavy (non-hydrogen) atoms. The summed E-state index contributed by atoms with van der Waals surface area (Å²) in [5, 5.41) is 3.02. The summed E-state index contributed by atoms with van der Waals surface area (Å²) >= 11 is 0. The Kier molecular flexibility index (Phi) is 6.36. The Morgan fingerprint density at radius 3 is 2.45 bits per heavy atom. The summed E-state index contributed by atoms with van der Waals surface area (Å²) in [4.78, 5) is 17.4. The first kappa shape index (κ1) is 19.8. The quantitative estimate of drug-likeness (QED) is 0.577. The summed E-state index contributed by atoms with van der Waals surface area (Å²) in [5.41, 5.74) is 10.9. The van der Waals surface area contributed by atoms with Crippen LogP contribution in [-0.4, -0.2) is 56.1 Å². The monoisotopic (exact) mass is 398 g/mol. The van der Waals surface area contributed by atoms with Gasteiger partial charge in [0.05, 0.1) is 6.04 Å². The minimum Gasteiger partial charge on any atom is -0.369 e. The zero-order chi connectivity index (χ0) is 20.1. The normalized spacial score (nSPS) is 22.6. The first-order chi connectivity index (χ1) is 14.2. The van der Waals surface area contributed by atoms with E-state index in [1.165, 1.54) is 17.8 Å². The van der Waals surface area contributed by atoms with Crippen molar-refractivity contribution in [2.75, 3.05) is 44.2 Å². The Morgan fingerprint density at radius 2 is 1.72 bits per heavy atom. The van der Waals surface area contributed by atoms with Gasteiger partial charge in [-0.3, -0.25) is 9.69 Å². The van der Waals surface area contributed by atoms with Gasteiger partial charge in [-0.05, 0) is 29.8 Å². The summed E-state index contributed by atoms with van der Waals surface area (Å²) in [6, 6.07) is 15.9. The highest BCUT2D eigenvalue weighted by atomic mass is 19.1. The lowest BCUT2D eigenvalue weighted by atomic mass is 10.0. The summed E-state index contributed by atoms with van der Waals surface area (Å²) in [7, 11) is 0. The molecular weight excluding hydrogens is 371 g/mol. The molecule has 0 aromatic heterocycles. The number of benzene rings is 2. The number of halogens is 1. The topological polar surface area (TPSA) is 71.7 Å². The Hall–Kier alpha value is -2.52. The van der Waals surface area contributed by atoms with Gasteiger partial charge >= 0.3 is 0 Å². The average molecular weight is 398 g/mol. The maximum Gasteiger partial charge on any atom is 0.240 e. The number of anilines is 1. The van der Waals surface area contributed by atoms with Gasteiger partial charge in [-0.25, -0.2) is 15.2 Å². The molecule has 2 aromatic carbocycles. The fourth-order valence-electron chi connectivity index (χ4n) is 3.84. The summed E-state index contributed by atoms with van der Waals surface area (Å²) in [6.07, 6.45) is 0. The van der Waals surface area contributed by atoms with E-state index in [2.05, 4.69) is 55.8 Å². The number of hydrogen-bond acceptors (Lipinski definition) is 6. The van der Waals surface area contributed by atoms with E-state index in [0.29, 0.717) is 6.54 Å². The van der Waals surface area contributed by atoms with Crippen molar-refractivity contribution in [2.45, 2.75) is 12.1 Å². The van der Waals surface area contributed by atoms with Gasteiger partial charge in [-0.2, -0.15) is 5.53 Å². The molecule has 2 fully saturated rings. The van der Waals surface area contributed by atoms with Gasteiger partial charge in [-0.1, -0.05) is 30.3 Å². The van der Waals surface area contributed by atoms with E-state index < -0.39 is 6.04 Å². The molecular formula is C21H27FN6O. The molecule has 154 valence electrons. The zero-order valence-corrected chi connectivity index (χ0v) is 16.3. The van der Waals surface area contributed by atoms with Crippen LogP contribution in [0.1, 0.15) is 11.6 Å². The van der Waals surface area contributed by atoms with Crippen LogP contribution < -0.4 is 26.6 Å². The number of carbonyl (C=O) groups is 1. The lowest BCUT2D eigenvalue weighted by Crippen LogP contribution is -2.50. The molecule has 7 nitrogen and oxygen atoms in total. The number of hydrazine groups is 2. The molecule has 2 aromatic rings. The lowest BCUT2D eigenvalue weighted by Gasteiger charge is -2.36. The van der Waals surface area contributed by atoms with Gasteiger partial charge < -0.3 is 10.2 Å². The van der Waals surface area contributed by atoms with Gasteiger partial charge in [0.15, 0.2) is 0 Å². The Labute approximate surface area is 170 Å². The third-order valence-corrected chi connectivity index (χ3v) is 5.52. The molecule has 2 heterocycles. The van der Waals surface area contributed by atoms with Crippen molar-refractivity contribution in [3.63, 3.8) is 0 Å². The van der Waals surface area contributed by atoms with Crippen LogP contribution in [0.2, 0.25) is 0 Å². The summed E-state index contributed by atoms with van der Waals surface area (Å²) in [6.45, 7) is 5.36. The molecule has 2 aliphatic rings. The van der Waals surface area contributed by atoms with Crippen LogP contribution in [0.3, 0.4) is 0 Å². The fourth-order valence-corrected chi connectivity index (χ4v) is 3.84. The zero-order valence-electron chi connectivity index (χ0n) is 16.3. The number of nitrogens with zero attached hydrogens (tertiary/aromatic N) is 2. The molecule has 0 aliphatic carbocycles. The van der Waals surface area contributed by atoms with Crippen molar-refractivity contribution in [3.8, 4) is 0 Å². The van der Waals surface area contributed by atoms with Gasteiger partial charge in [0.25, 0.3) is 0 Å². The minimum atomic E-state index is -0.463. The van der Waals surface area contributed by atoms with Gasteiger partial charge in [0.2, 0.25) is 5.91 Å². The standard InChI is InChI=1S/C21H27FN6O/c22-17-8-6-16(7-9-17)19-20(25-26-24-19)21(29)23-10-11-27-12-14-28(15-13-27)18-4-2-1-3-5-18/h1-9,19-20,24-26H,10-15H2,(H,23,29). The van der Waals surface area contributed by atoms with E-state index in [1.54, 1.807) is 12.1 Å². The van der Waals surface area contributed by atoms with Crippen LogP contribution in [-0.2, 0) is 4.79 Å². The fraction of sp³-hybridized carbons (Fsp3) is 0.381. The van der Waals surface area contributed by atoms with E-state index >= 15 is 0 Å². The third-order valence-electron chi connectivity index (χ3n) is 5.52. The van der Waals surface area contributed by atoms with E-state index in [9.17, 15) is 9.18 Å². The first-order valence-corrected chi connectivity index (χ1v) is 10.0. The molecule has 0 radical (unpaired) electrons. The molecule has 2 atom stereocenters. The van der Waals surface area contributed by atoms with Crippen molar-refractivity contribution in [3.05, 3.63) is 66.0 Å². The van der Waals surface area contributed by atoms with Crippen LogP contribution in [0.15, 0.2) is 54.6 Å². The number of carbonyl (C=O) groups excluding carboxylic acids is 1. The molecule has 8 heteroatoms. The van der Waals surface area contributed by atoms with E-state index in [-0.39, 0.29) is 17.8 Å². The smallest absolute Gasteiger partial charge is 0.240 e. The van der Waals surface area contributed by atoms with Crippen molar-refractivity contribution >= 4 is 11.6 Å². The molecule has 0 saturated carbocycles. The number of nitrogens with one attached hydrogen (secondary N) is 4. The number of rotatable bonds is 6. The molecule has 4 rings (SSSR count). The third kappa shape index (κ3) is 4.91. The molecule has 2 unspecified atom stereocenters. The summed E-state index contributed by atoms with van der Waals surface area (Å²) in [5.74, 6) is -0.374. The maximum atomic E-state index is 13.2. The van der Waals surface area contributed by atoms with Crippen LogP contribution in [0.5, 0.6) is 0 Å². The predicted octanol–water partition coefficient (Wildman–Crippen LogP) is 0.786. The average Bonchev–Trinajstić information content (AvgIpc) is 3.25. The second kappa shape index (κ2) is 9.32. The van der Waals surface area contributed by atoms with Gasteiger partial charge in [0, 0.05) is 45.0 Å². The number of hydrogen-bond donors (Lipinski definition) is 4. The molecule has 2 aliphatic heterocycles. The largest absolute Gasteiger partial charge is 0.369 e. The highest BCUT2D eigenvalue weighted by Gasteiger charge is 2.33. The highest BCUT2D eigenvalue weighted by molar-refractivity contribution is 5.83. The van der Waals surface area contributed by atoms with Crippen molar-refractivity contribution in [1.82, 2.24) is 26.6 Å². The van der Waals surface area contributed by atoms with E-state index in [0.717, 1.165) is 38.3 Å². The lowest BCUT2D eigenvalue weighted by molar-refractivity contribution is -0.123. The van der Waals surface area contributed by atoms with Crippen LogP contribution >= 0.6 is 0 Å². The van der Waals surface area contributed by atoms with Crippen LogP contribution in [0.25, 0.3) is 0 Å². The molecule has 0 spiro atoms. The minimum absolute atomic E-state index is 0.0836. The predicted molar refractivity (Wildman–Crippen MR) is 110 cm³/mol. The Bertz CT molecular complexity index is 795. The van der Waals surface area contributed by atoms with Gasteiger partial charge in [0.1, 0.15) is 11.9 Å². The van der Waals surface area contributed by atoms with Crippen molar-refractivity contribution in [2.24, 2.45) is 0 Å². The Morgan fingerprint density at radius 1 is 1.00 bits per heavy atom. The molecule has 1 amide bonds. The van der Waals surface area contributed by atoms with Gasteiger partial charge in [-0.15, -0.1) is 0 Å². The Balaban J connectivity index is 1.21. The number of piperazine rings is 1. The first-order valence-electron chi connectivity index (χ1n) is 10.0. The molecule has 2 saturated heterocycles. The van der Waals surface area contributed by atoms with E-state index in [4.69, 9.17) is 0 Å². The number of para-hydroxylation sites is 1. The van der Waals surface area contributed by atoms with E-state index in [1.807, 2.05) is 6.07 Å². The number of amides is 1. The van der Waals surface area contributed by atoms with Crippen LogP contribution in [0.4, 0.5) is 10.1 Å². The highest BCUT2D eigenvalue weighted by Crippen LogP contribution is 2.19. The van der Waals surface area contributed by atoms with Crippen molar-refractivity contribution < 1.29 is 9.18 Å². The second-order valence-corrected chi connectivity index (χ2v) is 7.38. The maximum absolute atomic E-state index is 13.2.